The molecule has 2 aromatic carbocycles. The van der Waals surface area contributed by atoms with E-state index >= 15 is 0 Å². The normalized spacial score (nSPS) is 13.0. The molecule has 3 aromatic rings. The van der Waals surface area contributed by atoms with Crippen LogP contribution in [0.5, 0.6) is 0 Å². The van der Waals surface area contributed by atoms with E-state index in [2.05, 4.69) is 4.40 Å². The number of nitrogens with zero attached hydrogens (tertiary/aromatic N) is 2. The van der Waals surface area contributed by atoms with E-state index in [4.69, 9.17) is 11.6 Å². The van der Waals surface area contributed by atoms with Gasteiger partial charge in [-0.3, -0.25) is 0 Å². The number of benzene rings is 2. The summed E-state index contributed by atoms with van der Waals surface area (Å²) < 4.78 is 31.4. The van der Waals surface area contributed by atoms with E-state index in [0.29, 0.717) is 9.82 Å². The Balaban J connectivity index is 2.27. The number of halogens is 1. The van der Waals surface area contributed by atoms with Gasteiger partial charge in [0.25, 0.3) is 10.0 Å². The van der Waals surface area contributed by atoms with Crippen molar-refractivity contribution in [2.24, 2.45) is 11.4 Å². The first kappa shape index (κ1) is 15.3. The van der Waals surface area contributed by atoms with Crippen LogP contribution >= 0.6 is 22.9 Å². The van der Waals surface area contributed by atoms with Crippen molar-refractivity contribution in [3.05, 3.63) is 57.9 Å². The quantitative estimate of drug-likeness (QED) is 0.708. The van der Waals surface area contributed by atoms with Gasteiger partial charge in [0.15, 0.2) is 0 Å². The summed E-state index contributed by atoms with van der Waals surface area (Å²) in [5, 5.41) is 0.629. The van der Waals surface area contributed by atoms with E-state index in [9.17, 15) is 8.42 Å². The summed E-state index contributed by atoms with van der Waals surface area (Å²) in [5.41, 5.74) is 1.93. The monoisotopic (exact) mass is 352 g/mol. The number of aromatic nitrogens is 1. The Morgan fingerprint density at radius 3 is 2.55 bits per heavy atom. The predicted molar refractivity (Wildman–Crippen MR) is 89.7 cm³/mol. The van der Waals surface area contributed by atoms with E-state index in [1.54, 1.807) is 29.8 Å². The number of hydrogen-bond acceptors (Lipinski definition) is 3. The molecule has 0 spiro atoms. The van der Waals surface area contributed by atoms with Crippen molar-refractivity contribution in [3.63, 3.8) is 0 Å². The van der Waals surface area contributed by atoms with E-state index < -0.39 is 10.0 Å². The van der Waals surface area contributed by atoms with E-state index in [1.807, 2.05) is 19.1 Å². The first-order chi connectivity index (χ1) is 10.4. The van der Waals surface area contributed by atoms with Gasteiger partial charge in [-0.05, 0) is 36.8 Å². The number of fused-ring (bicyclic) bond motifs is 1. The molecule has 0 radical (unpaired) electrons. The molecule has 0 saturated carbocycles. The SMILES string of the molecule is Cc1cc(Cl)cc2sc(=NS(=O)(=O)c3ccccc3)n(C)c12. The van der Waals surface area contributed by atoms with Crippen LogP contribution in [0.4, 0.5) is 0 Å². The molecule has 0 aliphatic heterocycles. The minimum Gasteiger partial charge on any atom is -0.319 e. The predicted octanol–water partition coefficient (Wildman–Crippen LogP) is 3.49. The molecular formula is C15H13ClN2O2S2. The molecule has 0 bridgehead atoms. The van der Waals surface area contributed by atoms with Crippen molar-refractivity contribution >= 4 is 43.2 Å². The van der Waals surface area contributed by atoms with E-state index in [-0.39, 0.29) is 4.90 Å². The molecule has 1 aromatic heterocycles. The van der Waals surface area contributed by atoms with Crippen LogP contribution in [0.2, 0.25) is 5.02 Å². The highest BCUT2D eigenvalue weighted by Gasteiger charge is 2.14. The van der Waals surface area contributed by atoms with Gasteiger partial charge >= 0.3 is 0 Å². The number of rotatable bonds is 2. The molecule has 0 amide bonds. The average Bonchev–Trinajstić information content (AvgIpc) is 2.75. The maximum absolute atomic E-state index is 12.4. The van der Waals surface area contributed by atoms with Gasteiger partial charge < -0.3 is 4.57 Å². The second-order valence-electron chi connectivity index (χ2n) is 4.89. The average molecular weight is 353 g/mol. The Morgan fingerprint density at radius 2 is 1.86 bits per heavy atom. The first-order valence-electron chi connectivity index (χ1n) is 6.50. The second kappa shape index (κ2) is 5.53. The Labute approximate surface area is 137 Å². The lowest BCUT2D eigenvalue weighted by atomic mass is 10.2. The van der Waals surface area contributed by atoms with Crippen molar-refractivity contribution < 1.29 is 8.42 Å². The maximum atomic E-state index is 12.4. The smallest absolute Gasteiger partial charge is 0.285 e. The van der Waals surface area contributed by atoms with Gasteiger partial charge in [-0.25, -0.2) is 0 Å². The lowest BCUT2D eigenvalue weighted by molar-refractivity contribution is 0.596. The van der Waals surface area contributed by atoms with Crippen molar-refractivity contribution in [1.82, 2.24) is 4.57 Å². The van der Waals surface area contributed by atoms with Gasteiger partial charge in [0, 0.05) is 12.1 Å². The Morgan fingerprint density at radius 1 is 1.18 bits per heavy atom. The summed E-state index contributed by atoms with van der Waals surface area (Å²) in [6, 6.07) is 11.9. The molecule has 0 atom stereocenters. The topological polar surface area (TPSA) is 51.4 Å². The zero-order valence-corrected chi connectivity index (χ0v) is 14.3. The van der Waals surface area contributed by atoms with Crippen molar-refractivity contribution in [2.75, 3.05) is 0 Å². The fraction of sp³-hybridized carbons (Fsp3) is 0.133. The number of thiazole rings is 1. The largest absolute Gasteiger partial charge is 0.319 e. The summed E-state index contributed by atoms with van der Waals surface area (Å²) >= 11 is 7.37. The number of hydrogen-bond donors (Lipinski definition) is 0. The molecule has 0 aliphatic carbocycles. The van der Waals surface area contributed by atoms with Crippen LogP contribution in [-0.4, -0.2) is 13.0 Å². The first-order valence-corrected chi connectivity index (χ1v) is 9.14. The molecule has 4 nitrogen and oxygen atoms in total. The third kappa shape index (κ3) is 2.69. The van der Waals surface area contributed by atoms with Crippen LogP contribution in [0.25, 0.3) is 10.2 Å². The summed E-state index contributed by atoms with van der Waals surface area (Å²) in [7, 11) is -1.92. The van der Waals surface area contributed by atoms with Gasteiger partial charge in [-0.1, -0.05) is 41.1 Å². The Kier molecular flexibility index (Phi) is 3.84. The zero-order valence-electron chi connectivity index (χ0n) is 11.9. The van der Waals surface area contributed by atoms with E-state index in [1.165, 1.54) is 23.5 Å². The van der Waals surface area contributed by atoms with Gasteiger partial charge in [-0.15, -0.1) is 4.40 Å². The van der Waals surface area contributed by atoms with E-state index in [0.717, 1.165) is 15.8 Å². The van der Waals surface area contributed by atoms with Gasteiger partial charge in [0.1, 0.15) is 0 Å². The lowest BCUT2D eigenvalue weighted by Gasteiger charge is -2.01. The Bertz CT molecular complexity index is 1020. The molecular weight excluding hydrogens is 340 g/mol. The molecule has 0 N–H and O–H groups in total. The lowest BCUT2D eigenvalue weighted by Crippen LogP contribution is -2.14. The third-order valence-electron chi connectivity index (χ3n) is 3.29. The second-order valence-corrected chi connectivity index (χ2v) is 7.94. The minimum atomic E-state index is -3.72. The Hall–Kier alpha value is -1.63. The summed E-state index contributed by atoms with van der Waals surface area (Å²) in [6.07, 6.45) is 0. The highest BCUT2D eigenvalue weighted by Crippen LogP contribution is 2.25. The fourth-order valence-electron chi connectivity index (χ4n) is 2.30. The van der Waals surface area contributed by atoms with Crippen molar-refractivity contribution in [2.45, 2.75) is 11.8 Å². The maximum Gasteiger partial charge on any atom is 0.285 e. The van der Waals surface area contributed by atoms with Crippen molar-refractivity contribution in [1.29, 1.82) is 0 Å². The summed E-state index contributed by atoms with van der Waals surface area (Å²) in [5.74, 6) is 0. The molecule has 3 rings (SSSR count). The van der Waals surface area contributed by atoms with Gasteiger partial charge in [0.2, 0.25) is 4.80 Å². The van der Waals surface area contributed by atoms with Gasteiger partial charge in [-0.2, -0.15) is 8.42 Å². The molecule has 0 unspecified atom stereocenters. The van der Waals surface area contributed by atoms with Crippen LogP contribution in [0, 0.1) is 6.92 Å². The minimum absolute atomic E-state index is 0.183. The highest BCUT2D eigenvalue weighted by molar-refractivity contribution is 7.90. The summed E-state index contributed by atoms with van der Waals surface area (Å²) in [4.78, 5) is 0.603. The summed E-state index contributed by atoms with van der Waals surface area (Å²) in [6.45, 7) is 1.94. The molecule has 0 saturated heterocycles. The molecule has 114 valence electrons. The van der Waals surface area contributed by atoms with Crippen LogP contribution in [0.15, 0.2) is 51.8 Å². The van der Waals surface area contributed by atoms with Crippen LogP contribution in [0.3, 0.4) is 0 Å². The molecule has 22 heavy (non-hydrogen) atoms. The fourth-order valence-corrected chi connectivity index (χ4v) is 5.02. The zero-order chi connectivity index (χ0) is 15.9. The van der Waals surface area contributed by atoms with Crippen LogP contribution in [-0.2, 0) is 17.1 Å². The molecule has 0 aliphatic rings. The number of sulfonamides is 1. The standard InChI is InChI=1S/C15H13ClN2O2S2/c1-10-8-11(16)9-13-14(10)18(2)15(21-13)17-22(19,20)12-6-4-3-5-7-12/h3-9H,1-2H3. The highest BCUT2D eigenvalue weighted by atomic mass is 35.5. The van der Waals surface area contributed by atoms with Gasteiger partial charge in [0.05, 0.1) is 15.1 Å². The van der Waals surface area contributed by atoms with Crippen LogP contribution in [0.1, 0.15) is 5.56 Å². The molecule has 7 heteroatoms. The van der Waals surface area contributed by atoms with Crippen LogP contribution < -0.4 is 4.80 Å². The van der Waals surface area contributed by atoms with Crippen molar-refractivity contribution in [3.8, 4) is 0 Å². The number of aryl methyl sites for hydroxylation is 2. The molecule has 1 heterocycles. The third-order valence-corrected chi connectivity index (χ3v) is 5.99. The molecule has 0 fully saturated rings.